The van der Waals surface area contributed by atoms with Crippen LogP contribution in [-0.2, 0) is 32.0 Å². The number of nitrogens with zero attached hydrogens (tertiary/aromatic N) is 2. The molecule has 1 fully saturated rings. The SMILES string of the molecule is CC[C@@H]1CC[C@@H](OC(C)=O)CC(=O)C[C@H](c2cc(O)c(Oc3cccc(O)c3)c(OC)c2)n2cc3cccc(c3c2)N(CCC(=O)C2CCCCC2)C2=CC(=CCN2)[C@H](c2cccc(O)c2)Cc2c[nH]cc2C1. The van der Waals surface area contributed by atoms with Gasteiger partial charge in [0.1, 0.15) is 40.7 Å². The Kier molecular flexibility index (Phi) is 15.9. The summed E-state index contributed by atoms with van der Waals surface area (Å²) in [5.41, 5.74) is 5.89. The largest absolute Gasteiger partial charge is 0.508 e. The Labute approximate surface area is 427 Å². The van der Waals surface area contributed by atoms with E-state index in [1.807, 2.05) is 41.2 Å². The highest BCUT2D eigenvalue weighted by molar-refractivity contribution is 5.95. The van der Waals surface area contributed by atoms with E-state index in [1.165, 1.54) is 37.3 Å². The van der Waals surface area contributed by atoms with Gasteiger partial charge >= 0.3 is 5.97 Å². The zero-order chi connectivity index (χ0) is 51.0. The standard InChI is InChI=1S/C60H68N4O9/c1-4-39-19-20-51(72-38(2)65)32-49(68)33-55(44-28-57(70)60(58(29-44)71-3)73-50-17-10-16-48(67)31-50)63-36-43-14-9-18-54(53(43)37-63)64(24-22-56(69)40-11-6-5-7-12-40)59-30-42(21-23-62-59)52(41-13-8-15-47(66)26-41)27-46-35-61-34-45(46)25-39/h8-10,13-18,21,26,28-31,34-37,39-40,51-52,55,61-62,66-67,70H,4-7,11-12,19-20,22-25,27,32-33H2,1-3H3/t39-,51-,52+,55-/m1/s1. The summed E-state index contributed by atoms with van der Waals surface area (Å²) in [6, 6.07) is 22.5. The summed E-state index contributed by atoms with van der Waals surface area (Å²) in [5.74, 6) is 1.23. The highest BCUT2D eigenvalue weighted by Crippen LogP contribution is 2.45. The van der Waals surface area contributed by atoms with Crippen LogP contribution in [0.2, 0.25) is 0 Å². The zero-order valence-electron chi connectivity index (χ0n) is 42.1. The lowest BCUT2D eigenvalue weighted by Crippen LogP contribution is -2.36. The number of aromatic hydroxyl groups is 3. The molecule has 6 aromatic rings. The molecule has 4 bridgehead atoms. The van der Waals surface area contributed by atoms with Gasteiger partial charge in [0.15, 0.2) is 11.5 Å². The molecule has 2 aliphatic heterocycles. The smallest absolute Gasteiger partial charge is 0.302 e. The Balaban J connectivity index is 1.19. The molecular weight excluding hydrogens is 921 g/mol. The summed E-state index contributed by atoms with van der Waals surface area (Å²) >= 11 is 0. The van der Waals surface area contributed by atoms with Crippen LogP contribution < -0.4 is 19.7 Å². The first-order valence-electron chi connectivity index (χ1n) is 26.0. The number of rotatable bonds is 11. The molecule has 73 heavy (non-hydrogen) atoms. The monoisotopic (exact) mass is 988 g/mol. The van der Waals surface area contributed by atoms with Gasteiger partial charge in [-0.25, -0.2) is 0 Å². The number of carbonyl (C=O) groups excluding carboxylic acids is 3. The van der Waals surface area contributed by atoms with E-state index in [0.29, 0.717) is 43.7 Å². The summed E-state index contributed by atoms with van der Waals surface area (Å²) in [4.78, 5) is 47.0. The summed E-state index contributed by atoms with van der Waals surface area (Å²) < 4.78 is 19.8. The number of phenols is 3. The number of aromatic amines is 1. The highest BCUT2D eigenvalue weighted by Gasteiger charge is 2.30. The van der Waals surface area contributed by atoms with Gasteiger partial charge in [-0.3, -0.25) is 14.4 Å². The molecular formula is C60H68N4O9. The molecule has 1 saturated carbocycles. The fraction of sp³-hybridized carbons (Fsp3) is 0.383. The van der Waals surface area contributed by atoms with Crippen molar-refractivity contribution in [1.82, 2.24) is 14.9 Å². The third-order valence-corrected chi connectivity index (χ3v) is 15.1. The number of carbonyl (C=O) groups is 3. The molecule has 0 amide bonds. The minimum Gasteiger partial charge on any atom is -0.508 e. The Morgan fingerprint density at radius 1 is 0.808 bits per heavy atom. The van der Waals surface area contributed by atoms with Crippen molar-refractivity contribution >= 4 is 34.0 Å². The van der Waals surface area contributed by atoms with Gasteiger partial charge in [-0.1, -0.05) is 69.0 Å². The summed E-state index contributed by atoms with van der Waals surface area (Å²) in [6.45, 7) is 4.51. The summed E-state index contributed by atoms with van der Waals surface area (Å²) in [6.07, 6.45) is 21.0. The Hall–Kier alpha value is -7.41. The van der Waals surface area contributed by atoms with Gasteiger partial charge in [-0.15, -0.1) is 0 Å². The summed E-state index contributed by atoms with van der Waals surface area (Å²) in [5, 5.41) is 38.2. The minimum absolute atomic E-state index is 0.000886. The molecule has 4 atom stereocenters. The molecule has 0 unspecified atom stereocenters. The first-order chi connectivity index (χ1) is 35.4. The van der Waals surface area contributed by atoms with Gasteiger partial charge in [0.2, 0.25) is 5.75 Å². The van der Waals surface area contributed by atoms with E-state index in [1.54, 1.807) is 30.3 Å². The first-order valence-corrected chi connectivity index (χ1v) is 26.0. The molecule has 2 aromatic heterocycles. The Bertz CT molecular complexity index is 3000. The zero-order valence-corrected chi connectivity index (χ0v) is 42.1. The lowest BCUT2D eigenvalue weighted by atomic mass is 9.82. The van der Waals surface area contributed by atoms with E-state index in [9.17, 15) is 29.7 Å². The number of hydrogen-bond acceptors (Lipinski definition) is 11. The number of Topliss-reactive ketones (excluding diaryl/α,β-unsaturated/α-hetero) is 2. The first kappa shape index (κ1) is 50.5. The summed E-state index contributed by atoms with van der Waals surface area (Å²) in [7, 11) is 1.48. The second-order valence-electron chi connectivity index (χ2n) is 20.1. The van der Waals surface area contributed by atoms with Crippen LogP contribution >= 0.6 is 0 Å². The van der Waals surface area contributed by atoms with Crippen molar-refractivity contribution in [3.63, 3.8) is 0 Å². The molecule has 5 N–H and O–H groups in total. The second-order valence-corrected chi connectivity index (χ2v) is 20.1. The predicted molar refractivity (Wildman–Crippen MR) is 282 cm³/mol. The number of H-pyrrole nitrogens is 1. The molecule has 4 heterocycles. The van der Waals surface area contributed by atoms with Gasteiger partial charge in [0.05, 0.1) is 18.8 Å². The van der Waals surface area contributed by atoms with Crippen molar-refractivity contribution < 1.29 is 43.9 Å². The molecule has 0 saturated heterocycles. The number of nitrogens with one attached hydrogen (secondary N) is 2. The molecule has 4 aromatic carbocycles. The van der Waals surface area contributed by atoms with Crippen molar-refractivity contribution in [2.24, 2.45) is 11.8 Å². The average Bonchev–Trinajstić information content (AvgIpc) is 4.03. The number of phenolic OH excluding ortho intramolecular Hbond substituents is 3. The van der Waals surface area contributed by atoms with E-state index >= 15 is 0 Å². The van der Waals surface area contributed by atoms with Crippen LogP contribution in [0.15, 0.2) is 127 Å². The van der Waals surface area contributed by atoms with Crippen LogP contribution in [0.1, 0.15) is 119 Å². The molecule has 13 nitrogen and oxygen atoms in total. The molecule has 13 heteroatoms. The van der Waals surface area contributed by atoms with Crippen LogP contribution in [0.4, 0.5) is 5.69 Å². The number of hydrogen-bond donors (Lipinski definition) is 5. The molecule has 382 valence electrons. The number of esters is 1. The number of methoxy groups -OCH3 is 1. The predicted octanol–water partition coefficient (Wildman–Crippen LogP) is 11.9. The Morgan fingerprint density at radius 2 is 1.58 bits per heavy atom. The number of fused-ring (bicyclic) bond motifs is 3. The van der Waals surface area contributed by atoms with E-state index in [0.717, 1.165) is 84.8 Å². The van der Waals surface area contributed by atoms with Crippen molar-refractivity contribution in [1.29, 1.82) is 0 Å². The molecule has 0 radical (unpaired) electrons. The number of allylic oxidation sites excluding steroid dienone is 2. The number of ether oxygens (including phenoxy) is 3. The lowest BCUT2D eigenvalue weighted by Gasteiger charge is -2.33. The number of anilines is 1. The van der Waals surface area contributed by atoms with E-state index in [2.05, 4.69) is 58.8 Å². The topological polar surface area (TPSA) is 176 Å². The van der Waals surface area contributed by atoms with Crippen LogP contribution in [0.25, 0.3) is 10.8 Å². The van der Waals surface area contributed by atoms with Crippen molar-refractivity contribution in [2.75, 3.05) is 25.1 Å². The van der Waals surface area contributed by atoms with Crippen LogP contribution in [0.3, 0.4) is 0 Å². The number of ketones is 2. The van der Waals surface area contributed by atoms with Crippen molar-refractivity contribution in [3.8, 4) is 34.5 Å². The van der Waals surface area contributed by atoms with Gasteiger partial charge in [-0.05, 0) is 121 Å². The van der Waals surface area contributed by atoms with Gasteiger partial charge < -0.3 is 49.3 Å². The van der Waals surface area contributed by atoms with E-state index in [-0.39, 0.29) is 70.9 Å². The third kappa shape index (κ3) is 12.1. The minimum atomic E-state index is -0.671. The maximum Gasteiger partial charge on any atom is 0.302 e. The maximum absolute atomic E-state index is 14.6. The lowest BCUT2D eigenvalue weighted by molar-refractivity contribution is -0.148. The van der Waals surface area contributed by atoms with Crippen LogP contribution in [0.5, 0.6) is 34.5 Å². The quantitative estimate of drug-likeness (QED) is 0.0781. The molecule has 9 rings (SSSR count). The van der Waals surface area contributed by atoms with Gasteiger partial charge in [0, 0.05) is 92.7 Å². The fourth-order valence-corrected chi connectivity index (χ4v) is 11.3. The number of benzene rings is 4. The van der Waals surface area contributed by atoms with Crippen molar-refractivity contribution in [3.05, 3.63) is 149 Å². The normalized spacial score (nSPS) is 20.3. The van der Waals surface area contributed by atoms with Gasteiger partial charge in [-0.2, -0.15) is 0 Å². The second kappa shape index (κ2) is 23.0. The van der Waals surface area contributed by atoms with Crippen LogP contribution in [0, 0.1) is 11.8 Å². The molecule has 3 aliphatic rings. The van der Waals surface area contributed by atoms with Gasteiger partial charge in [0.25, 0.3) is 0 Å². The molecule has 1 aliphatic carbocycles. The van der Waals surface area contributed by atoms with Crippen LogP contribution in [-0.4, -0.2) is 68.7 Å². The highest BCUT2D eigenvalue weighted by atomic mass is 16.5. The number of aromatic nitrogens is 2. The van der Waals surface area contributed by atoms with E-state index in [4.69, 9.17) is 14.2 Å². The third-order valence-electron chi connectivity index (χ3n) is 15.1. The number of dihydropyridines is 1. The Morgan fingerprint density at radius 3 is 2.33 bits per heavy atom. The maximum atomic E-state index is 14.6. The molecule has 0 spiro atoms. The fourth-order valence-electron chi connectivity index (χ4n) is 11.3. The van der Waals surface area contributed by atoms with Crippen molar-refractivity contribution in [2.45, 2.75) is 115 Å². The van der Waals surface area contributed by atoms with E-state index < -0.39 is 18.1 Å². The average molecular weight is 989 g/mol.